The molecular formula is C29H50F12O6. The van der Waals surface area contributed by atoms with Crippen LogP contribution in [0.2, 0.25) is 0 Å². The molecule has 0 radical (unpaired) electrons. The van der Waals surface area contributed by atoms with Gasteiger partial charge in [-0.1, -0.05) is 42.5 Å². The highest BCUT2D eigenvalue weighted by Crippen LogP contribution is 2.51. The van der Waals surface area contributed by atoms with Crippen LogP contribution in [-0.4, -0.2) is 69.8 Å². The highest BCUT2D eigenvalue weighted by atomic mass is 19.4. The molecule has 0 saturated carbocycles. The summed E-state index contributed by atoms with van der Waals surface area (Å²) in [6.45, 7) is 12.6. The third-order valence-electron chi connectivity index (χ3n) is 7.38. The van der Waals surface area contributed by atoms with E-state index in [1.165, 1.54) is 34.6 Å². The third-order valence-corrected chi connectivity index (χ3v) is 7.38. The van der Waals surface area contributed by atoms with Crippen molar-refractivity contribution in [1.82, 2.24) is 0 Å². The molecular weight excluding hydrogens is 672 g/mol. The molecule has 0 spiro atoms. The van der Waals surface area contributed by atoms with Crippen LogP contribution >= 0.6 is 0 Å². The van der Waals surface area contributed by atoms with Crippen molar-refractivity contribution in [3.05, 3.63) is 0 Å². The van der Waals surface area contributed by atoms with E-state index in [4.69, 9.17) is 4.74 Å². The van der Waals surface area contributed by atoms with Crippen molar-refractivity contribution in [2.75, 3.05) is 0 Å². The molecule has 0 bridgehead atoms. The molecule has 0 aromatic rings. The van der Waals surface area contributed by atoms with Gasteiger partial charge < -0.3 is 19.7 Å². The summed E-state index contributed by atoms with van der Waals surface area (Å²) in [5.74, 6) is -2.50. The molecule has 1 unspecified atom stereocenters. The van der Waals surface area contributed by atoms with Crippen LogP contribution in [0.5, 0.6) is 0 Å². The number of aliphatic hydroxyl groups is 2. The number of rotatable bonds is 11. The van der Waals surface area contributed by atoms with Crippen molar-refractivity contribution >= 4 is 11.9 Å². The van der Waals surface area contributed by atoms with Crippen LogP contribution in [0, 0.1) is 16.7 Å². The van der Waals surface area contributed by atoms with Crippen LogP contribution in [0.15, 0.2) is 0 Å². The van der Waals surface area contributed by atoms with E-state index in [9.17, 15) is 72.5 Å². The van der Waals surface area contributed by atoms with Crippen LogP contribution < -0.4 is 0 Å². The number of hydrogen-bond acceptors (Lipinski definition) is 6. The summed E-state index contributed by atoms with van der Waals surface area (Å²) in [6.07, 6.45) is -27.3. The first-order valence-corrected chi connectivity index (χ1v) is 13.6. The fourth-order valence-corrected chi connectivity index (χ4v) is 3.31. The molecule has 286 valence electrons. The number of carbonyl (C=O) groups excluding carboxylic acids is 2. The zero-order valence-electron chi connectivity index (χ0n) is 26.5. The fraction of sp³-hybridized carbons (Fsp3) is 0.931. The summed E-state index contributed by atoms with van der Waals surface area (Å²) in [5.41, 5.74) is -15.7. The van der Waals surface area contributed by atoms with Gasteiger partial charge in [0.05, 0.1) is 10.8 Å². The Kier molecular flexibility index (Phi) is 18.3. The summed E-state index contributed by atoms with van der Waals surface area (Å²) >= 11 is 0. The first-order valence-electron chi connectivity index (χ1n) is 13.6. The maximum absolute atomic E-state index is 12.8. The minimum atomic E-state index is -6.06. The second-order valence-corrected chi connectivity index (χ2v) is 12.8. The Morgan fingerprint density at radius 2 is 0.936 bits per heavy atom. The van der Waals surface area contributed by atoms with Crippen molar-refractivity contribution < 1.29 is 82.0 Å². The standard InChI is InChI=1S/C15H24F6O3.C12H18F6O3.2CH4/c1-6-12(4,5)11(22)24-10(7-9(2)3)8-13(23,14(16,17)18)15(19,20)21;1-6-8(2,3)7(19)21-9(4,5)10(20,11(13,14)15)12(16,17)18;;/h9-10,23H,6-8H2,1-5H3;20H,6H2,1-5H3;2*1H4. The van der Waals surface area contributed by atoms with E-state index >= 15 is 0 Å². The predicted molar refractivity (Wildman–Crippen MR) is 150 cm³/mol. The number of hydrogen-bond donors (Lipinski definition) is 2. The van der Waals surface area contributed by atoms with E-state index in [2.05, 4.69) is 4.74 Å². The normalized spacial score (nSPS) is 14.7. The Balaban J connectivity index is -0.000000380. The smallest absolute Gasteiger partial charge is 0.430 e. The minimum absolute atomic E-state index is 0. The van der Waals surface area contributed by atoms with Gasteiger partial charge in [0.25, 0.3) is 11.2 Å². The summed E-state index contributed by atoms with van der Waals surface area (Å²) < 4.78 is 163. The monoisotopic (exact) mass is 722 g/mol. The van der Waals surface area contributed by atoms with Crippen molar-refractivity contribution in [3.63, 3.8) is 0 Å². The summed E-state index contributed by atoms with van der Waals surface area (Å²) in [5, 5.41) is 18.6. The molecule has 0 aliphatic rings. The summed E-state index contributed by atoms with van der Waals surface area (Å²) in [7, 11) is 0. The highest BCUT2D eigenvalue weighted by molar-refractivity contribution is 5.76. The molecule has 47 heavy (non-hydrogen) atoms. The first-order chi connectivity index (χ1) is 19.4. The molecule has 18 heteroatoms. The molecule has 0 aliphatic carbocycles. The summed E-state index contributed by atoms with van der Waals surface area (Å²) in [6, 6.07) is 0. The topological polar surface area (TPSA) is 93.1 Å². The van der Waals surface area contributed by atoms with E-state index in [1.54, 1.807) is 20.8 Å². The lowest BCUT2D eigenvalue weighted by Gasteiger charge is -2.44. The summed E-state index contributed by atoms with van der Waals surface area (Å²) in [4.78, 5) is 23.8. The molecule has 2 N–H and O–H groups in total. The Hall–Kier alpha value is -1.98. The van der Waals surface area contributed by atoms with Crippen molar-refractivity contribution in [2.24, 2.45) is 16.7 Å². The van der Waals surface area contributed by atoms with Gasteiger partial charge in [-0.2, -0.15) is 52.7 Å². The molecule has 0 fully saturated rings. The van der Waals surface area contributed by atoms with Crippen LogP contribution in [0.1, 0.15) is 110 Å². The Labute approximate surface area is 268 Å². The third kappa shape index (κ3) is 12.4. The quantitative estimate of drug-likeness (QED) is 0.163. The van der Waals surface area contributed by atoms with Gasteiger partial charge in [-0.25, -0.2) is 0 Å². The number of halogens is 12. The van der Waals surface area contributed by atoms with Gasteiger partial charge in [0.1, 0.15) is 6.10 Å². The molecule has 0 rings (SSSR count). The molecule has 1 atom stereocenters. The zero-order valence-corrected chi connectivity index (χ0v) is 26.5. The second-order valence-electron chi connectivity index (χ2n) is 12.8. The lowest BCUT2D eigenvalue weighted by Crippen LogP contribution is -2.70. The highest BCUT2D eigenvalue weighted by Gasteiger charge is 2.79. The molecule has 0 heterocycles. The number of esters is 2. The fourth-order valence-electron chi connectivity index (χ4n) is 3.31. The largest absolute Gasteiger partial charge is 0.462 e. The van der Waals surface area contributed by atoms with Gasteiger partial charge in [-0.3, -0.25) is 9.59 Å². The second kappa shape index (κ2) is 16.6. The molecule has 0 aromatic heterocycles. The van der Waals surface area contributed by atoms with Crippen LogP contribution in [-0.2, 0) is 19.1 Å². The van der Waals surface area contributed by atoms with Gasteiger partial charge in [0.15, 0.2) is 5.60 Å². The molecule has 0 aromatic carbocycles. The van der Waals surface area contributed by atoms with Crippen LogP contribution in [0.3, 0.4) is 0 Å². The van der Waals surface area contributed by atoms with E-state index in [0.29, 0.717) is 20.3 Å². The number of carbonyl (C=O) groups is 2. The van der Waals surface area contributed by atoms with Crippen molar-refractivity contribution in [2.45, 2.75) is 157 Å². The van der Waals surface area contributed by atoms with Crippen LogP contribution in [0.4, 0.5) is 52.7 Å². The van der Waals surface area contributed by atoms with E-state index < -0.39 is 76.8 Å². The molecule has 0 amide bonds. The molecule has 0 aliphatic heterocycles. The lowest BCUT2D eigenvalue weighted by atomic mass is 9.83. The van der Waals surface area contributed by atoms with Crippen molar-refractivity contribution in [3.8, 4) is 0 Å². The van der Waals surface area contributed by atoms with Gasteiger partial charge in [0, 0.05) is 6.42 Å². The molecule has 6 nitrogen and oxygen atoms in total. The number of ether oxygens (including phenoxy) is 2. The SMILES string of the molecule is C.C.CCC(C)(C)C(=O)OC(C)(C)C(O)(C(F)(F)F)C(F)(F)F.CCC(C)(C)C(=O)OC(CC(C)C)CC(O)(C(F)(F)F)C(F)(F)F. The van der Waals surface area contributed by atoms with Crippen LogP contribution in [0.25, 0.3) is 0 Å². The molecule has 0 saturated heterocycles. The average molecular weight is 723 g/mol. The van der Waals surface area contributed by atoms with E-state index in [0.717, 1.165) is 0 Å². The maximum Gasteiger partial charge on any atom is 0.430 e. The average Bonchev–Trinajstić information content (AvgIpc) is 2.79. The zero-order chi connectivity index (χ0) is 37.1. The predicted octanol–water partition coefficient (Wildman–Crippen LogP) is 9.50. The Morgan fingerprint density at radius 1 is 0.617 bits per heavy atom. The first kappa shape index (κ1) is 51.8. The Morgan fingerprint density at radius 3 is 1.19 bits per heavy atom. The lowest BCUT2D eigenvalue weighted by molar-refractivity contribution is -0.408. The minimum Gasteiger partial charge on any atom is -0.462 e. The van der Waals surface area contributed by atoms with Gasteiger partial charge in [-0.15, -0.1) is 0 Å². The van der Waals surface area contributed by atoms with E-state index in [1.807, 2.05) is 0 Å². The van der Waals surface area contributed by atoms with E-state index in [-0.39, 0.29) is 33.6 Å². The van der Waals surface area contributed by atoms with Gasteiger partial charge in [0.2, 0.25) is 0 Å². The van der Waals surface area contributed by atoms with Gasteiger partial charge in [-0.05, 0) is 66.7 Å². The van der Waals surface area contributed by atoms with Crippen molar-refractivity contribution in [1.29, 1.82) is 0 Å². The number of alkyl halides is 12. The van der Waals surface area contributed by atoms with Gasteiger partial charge >= 0.3 is 36.6 Å². The Bertz CT molecular complexity index is 950. The maximum atomic E-state index is 12.8.